The molecule has 1 amide bonds. The van der Waals surface area contributed by atoms with Crippen molar-refractivity contribution < 1.29 is 4.79 Å². The normalized spacial score (nSPS) is 16.4. The Bertz CT molecular complexity index is 716. The molecule has 0 aliphatic carbocycles. The van der Waals surface area contributed by atoms with E-state index in [1.54, 1.807) is 0 Å². The maximum Gasteiger partial charge on any atom is 0.233 e. The van der Waals surface area contributed by atoms with Crippen LogP contribution in [-0.2, 0) is 17.8 Å². The molecule has 3 rings (SSSR count). The molecule has 0 saturated carbocycles. The molecule has 26 heavy (non-hydrogen) atoms. The van der Waals surface area contributed by atoms with Crippen molar-refractivity contribution in [3.63, 3.8) is 0 Å². The van der Waals surface area contributed by atoms with Crippen LogP contribution in [0.1, 0.15) is 56.8 Å². The predicted octanol–water partition coefficient (Wildman–Crippen LogP) is 3.80. The lowest BCUT2D eigenvalue weighted by Crippen LogP contribution is -2.34. The van der Waals surface area contributed by atoms with E-state index < -0.39 is 0 Å². The van der Waals surface area contributed by atoms with Crippen LogP contribution in [0.25, 0.3) is 0 Å². The molecule has 5 nitrogen and oxygen atoms in total. The lowest BCUT2D eigenvalue weighted by Gasteiger charge is -2.18. The zero-order valence-electron chi connectivity index (χ0n) is 15.6. The number of fused-ring (bicyclic) bond motifs is 1. The summed E-state index contributed by atoms with van der Waals surface area (Å²) in [5.74, 6) is 1.48. The Kier molecular flexibility index (Phi) is 6.72. The van der Waals surface area contributed by atoms with Crippen molar-refractivity contribution in [1.29, 1.82) is 0 Å². The van der Waals surface area contributed by atoms with E-state index in [-0.39, 0.29) is 11.2 Å². The molecule has 0 fully saturated rings. The zero-order chi connectivity index (χ0) is 18.4. The Balaban J connectivity index is 1.56. The van der Waals surface area contributed by atoms with Crippen LogP contribution in [0.15, 0.2) is 35.5 Å². The number of thioether (sulfide) groups is 1. The highest BCUT2D eigenvalue weighted by atomic mass is 32.2. The van der Waals surface area contributed by atoms with Crippen LogP contribution < -0.4 is 5.32 Å². The van der Waals surface area contributed by atoms with Gasteiger partial charge in [0.05, 0.1) is 5.25 Å². The lowest BCUT2D eigenvalue weighted by molar-refractivity contribution is -0.120. The molecule has 0 radical (unpaired) electrons. The van der Waals surface area contributed by atoms with Crippen molar-refractivity contribution in [3.05, 3.63) is 41.7 Å². The van der Waals surface area contributed by atoms with Gasteiger partial charge in [0.25, 0.3) is 0 Å². The summed E-state index contributed by atoms with van der Waals surface area (Å²) in [5, 5.41) is 12.4. The van der Waals surface area contributed by atoms with E-state index in [1.807, 2.05) is 13.0 Å². The number of hydrogen-bond donors (Lipinski definition) is 1. The minimum absolute atomic E-state index is 0.0651. The Labute approximate surface area is 160 Å². The summed E-state index contributed by atoms with van der Waals surface area (Å²) in [5.41, 5.74) is 1.28. The fraction of sp³-hybridized carbons (Fsp3) is 0.550. The molecule has 0 unspecified atom stereocenters. The molecule has 6 heteroatoms. The van der Waals surface area contributed by atoms with E-state index in [4.69, 9.17) is 0 Å². The number of aromatic nitrogens is 3. The van der Waals surface area contributed by atoms with Crippen molar-refractivity contribution in [2.45, 2.75) is 68.8 Å². The Morgan fingerprint density at radius 1 is 1.23 bits per heavy atom. The van der Waals surface area contributed by atoms with Crippen LogP contribution in [0.5, 0.6) is 0 Å². The number of aryl methyl sites for hydroxylation is 1. The molecule has 0 spiro atoms. The fourth-order valence-corrected chi connectivity index (χ4v) is 4.27. The van der Waals surface area contributed by atoms with Crippen LogP contribution >= 0.6 is 11.8 Å². The summed E-state index contributed by atoms with van der Waals surface area (Å²) in [6, 6.07) is 10.4. The van der Waals surface area contributed by atoms with Crippen molar-refractivity contribution in [2.75, 3.05) is 6.54 Å². The molecule has 2 aromatic rings. The van der Waals surface area contributed by atoms with Gasteiger partial charge >= 0.3 is 0 Å². The molecule has 2 atom stereocenters. The van der Waals surface area contributed by atoms with Gasteiger partial charge < -0.3 is 9.88 Å². The first-order chi connectivity index (χ1) is 12.7. The number of carbonyl (C=O) groups is 1. The van der Waals surface area contributed by atoms with E-state index in [0.29, 0.717) is 12.5 Å². The average Bonchev–Trinajstić information content (AvgIpc) is 2.89. The highest BCUT2D eigenvalue weighted by Crippen LogP contribution is 2.25. The quantitative estimate of drug-likeness (QED) is 0.751. The van der Waals surface area contributed by atoms with Crippen molar-refractivity contribution in [1.82, 2.24) is 20.1 Å². The standard InChI is InChI=1S/C20H28N4OS/c1-3-16(17-10-6-4-7-11-17)14-21-19(25)15(2)26-20-23-22-18-12-8-5-9-13-24(18)20/h4,6-7,10-11,15-16H,3,5,8-9,12-14H2,1-2H3,(H,21,25)/t15-,16+/m1/s1. The first-order valence-electron chi connectivity index (χ1n) is 9.60. The SMILES string of the molecule is CC[C@@H](CNC(=O)[C@@H](C)Sc1nnc2n1CCCCC2)c1ccccc1. The predicted molar refractivity (Wildman–Crippen MR) is 105 cm³/mol. The second-order valence-corrected chi connectivity index (χ2v) is 8.19. The Morgan fingerprint density at radius 2 is 2.04 bits per heavy atom. The van der Waals surface area contributed by atoms with Gasteiger partial charge in [-0.05, 0) is 31.7 Å². The van der Waals surface area contributed by atoms with Crippen LogP contribution in [-0.4, -0.2) is 32.5 Å². The number of hydrogen-bond acceptors (Lipinski definition) is 4. The van der Waals surface area contributed by atoms with Crippen molar-refractivity contribution >= 4 is 17.7 Å². The maximum absolute atomic E-state index is 12.6. The van der Waals surface area contributed by atoms with Gasteiger partial charge in [-0.3, -0.25) is 4.79 Å². The molecule has 140 valence electrons. The second kappa shape index (κ2) is 9.21. The minimum Gasteiger partial charge on any atom is -0.355 e. The molecule has 0 bridgehead atoms. The smallest absolute Gasteiger partial charge is 0.233 e. The minimum atomic E-state index is -0.181. The number of rotatable bonds is 7. The number of carbonyl (C=O) groups excluding carboxylic acids is 1. The molecular weight excluding hydrogens is 344 g/mol. The fourth-order valence-electron chi connectivity index (χ4n) is 3.35. The zero-order valence-corrected chi connectivity index (χ0v) is 16.5. The number of benzene rings is 1. The number of amides is 1. The first kappa shape index (κ1) is 19.0. The van der Waals surface area contributed by atoms with E-state index in [9.17, 15) is 4.79 Å². The van der Waals surface area contributed by atoms with Crippen LogP contribution in [0.2, 0.25) is 0 Å². The van der Waals surface area contributed by atoms with E-state index in [1.165, 1.54) is 30.2 Å². The van der Waals surface area contributed by atoms with Gasteiger partial charge in [-0.15, -0.1) is 10.2 Å². The van der Waals surface area contributed by atoms with Crippen LogP contribution in [0, 0.1) is 0 Å². The Morgan fingerprint density at radius 3 is 2.81 bits per heavy atom. The van der Waals surface area contributed by atoms with Gasteiger partial charge in [0, 0.05) is 25.4 Å². The van der Waals surface area contributed by atoms with Gasteiger partial charge in [-0.25, -0.2) is 0 Å². The maximum atomic E-state index is 12.6. The highest BCUT2D eigenvalue weighted by Gasteiger charge is 2.21. The van der Waals surface area contributed by atoms with Crippen LogP contribution in [0.4, 0.5) is 0 Å². The third-order valence-electron chi connectivity index (χ3n) is 5.01. The summed E-state index contributed by atoms with van der Waals surface area (Å²) in [7, 11) is 0. The molecule has 0 saturated heterocycles. The van der Waals surface area contributed by atoms with E-state index in [0.717, 1.165) is 36.8 Å². The summed E-state index contributed by atoms with van der Waals surface area (Å²) < 4.78 is 2.19. The van der Waals surface area contributed by atoms with Gasteiger partial charge in [0.15, 0.2) is 5.16 Å². The molecule has 1 N–H and O–H groups in total. The Hall–Kier alpha value is -1.82. The van der Waals surface area contributed by atoms with Crippen LogP contribution in [0.3, 0.4) is 0 Å². The number of nitrogens with one attached hydrogen (secondary N) is 1. The number of nitrogens with zero attached hydrogens (tertiary/aromatic N) is 3. The van der Waals surface area contributed by atoms with E-state index in [2.05, 4.69) is 51.3 Å². The summed E-state index contributed by atoms with van der Waals surface area (Å²) in [6.45, 7) is 5.74. The lowest BCUT2D eigenvalue weighted by atomic mass is 9.96. The van der Waals surface area contributed by atoms with Crippen molar-refractivity contribution in [3.8, 4) is 0 Å². The van der Waals surface area contributed by atoms with Gasteiger partial charge in [-0.2, -0.15) is 0 Å². The second-order valence-electron chi connectivity index (χ2n) is 6.88. The first-order valence-corrected chi connectivity index (χ1v) is 10.5. The van der Waals surface area contributed by atoms with Gasteiger partial charge in [0.2, 0.25) is 5.91 Å². The monoisotopic (exact) mass is 372 g/mol. The van der Waals surface area contributed by atoms with E-state index >= 15 is 0 Å². The molecule has 1 aliphatic heterocycles. The topological polar surface area (TPSA) is 59.8 Å². The molecule has 2 heterocycles. The van der Waals surface area contributed by atoms with Gasteiger partial charge in [-0.1, -0.05) is 55.4 Å². The molecule has 1 aliphatic rings. The summed E-state index contributed by atoms with van der Waals surface area (Å²) in [4.78, 5) is 12.6. The van der Waals surface area contributed by atoms with Crippen molar-refractivity contribution in [2.24, 2.45) is 0 Å². The third kappa shape index (κ3) is 4.67. The average molecular weight is 373 g/mol. The van der Waals surface area contributed by atoms with Gasteiger partial charge in [0.1, 0.15) is 5.82 Å². The summed E-state index contributed by atoms with van der Waals surface area (Å²) >= 11 is 1.51. The highest BCUT2D eigenvalue weighted by molar-refractivity contribution is 8.00. The third-order valence-corrected chi connectivity index (χ3v) is 6.09. The summed E-state index contributed by atoms with van der Waals surface area (Å²) in [6.07, 6.45) is 5.57. The molecule has 1 aromatic carbocycles. The largest absolute Gasteiger partial charge is 0.355 e. The molecule has 1 aromatic heterocycles. The molecular formula is C20H28N4OS.